The molecule has 20 heavy (non-hydrogen) atoms. The number of aryl methyl sites for hydroxylation is 1. The molecule has 8 heteroatoms. The van der Waals surface area contributed by atoms with Crippen LogP contribution in [-0.4, -0.2) is 27.2 Å². The van der Waals surface area contributed by atoms with Gasteiger partial charge >= 0.3 is 0 Å². The number of amides is 1. The van der Waals surface area contributed by atoms with Crippen LogP contribution in [0.3, 0.4) is 0 Å². The first-order valence-corrected chi connectivity index (χ1v) is 5.99. The molecular weight excluding hydrogens is 263 g/mol. The van der Waals surface area contributed by atoms with Crippen LogP contribution in [0, 0.1) is 5.82 Å². The lowest BCUT2D eigenvalue weighted by Crippen LogP contribution is -2.27. The predicted molar refractivity (Wildman–Crippen MR) is 71.3 cm³/mol. The Bertz CT molecular complexity index is 612. The molecule has 2 rings (SSSR count). The van der Waals surface area contributed by atoms with E-state index in [9.17, 15) is 9.18 Å². The summed E-state index contributed by atoms with van der Waals surface area (Å²) in [7, 11) is 1.82. The van der Waals surface area contributed by atoms with Gasteiger partial charge in [-0.2, -0.15) is 5.10 Å². The molecule has 0 spiro atoms. The van der Waals surface area contributed by atoms with Crippen molar-refractivity contribution in [2.75, 3.05) is 12.0 Å². The summed E-state index contributed by atoms with van der Waals surface area (Å²) >= 11 is 0. The van der Waals surface area contributed by atoms with Gasteiger partial charge in [-0.05, 0) is 12.1 Å². The average Bonchev–Trinajstić information content (AvgIpc) is 2.84. The van der Waals surface area contributed by atoms with Crippen molar-refractivity contribution in [1.82, 2.24) is 20.1 Å². The molecule has 0 unspecified atom stereocenters. The van der Waals surface area contributed by atoms with E-state index in [2.05, 4.69) is 20.8 Å². The van der Waals surface area contributed by atoms with Crippen molar-refractivity contribution in [3.05, 3.63) is 41.6 Å². The molecular formula is C12H15FN6O. The van der Waals surface area contributed by atoms with E-state index in [1.807, 2.05) is 19.3 Å². The van der Waals surface area contributed by atoms with Crippen LogP contribution in [0.2, 0.25) is 0 Å². The second-order valence-electron chi connectivity index (χ2n) is 4.15. The third kappa shape index (κ3) is 3.09. The largest absolute Gasteiger partial charge is 0.352 e. The Labute approximate surface area is 115 Å². The third-order valence-electron chi connectivity index (χ3n) is 2.71. The van der Waals surface area contributed by atoms with Crippen LogP contribution in [0.4, 0.5) is 10.2 Å². The van der Waals surface area contributed by atoms with Crippen LogP contribution >= 0.6 is 0 Å². The lowest BCUT2D eigenvalue weighted by molar-refractivity contribution is 0.0950. The van der Waals surface area contributed by atoms with Crippen molar-refractivity contribution in [3.63, 3.8) is 0 Å². The third-order valence-corrected chi connectivity index (χ3v) is 2.71. The quantitative estimate of drug-likeness (QED) is 0.536. The normalized spacial score (nSPS) is 10.3. The number of nitrogens with two attached hydrogens (primary N) is 1. The van der Waals surface area contributed by atoms with Crippen molar-refractivity contribution in [3.8, 4) is 0 Å². The van der Waals surface area contributed by atoms with Crippen LogP contribution in [-0.2, 0) is 13.5 Å². The predicted octanol–water partition coefficient (Wildman–Crippen LogP) is 0.212. The highest BCUT2D eigenvalue weighted by atomic mass is 19.1. The van der Waals surface area contributed by atoms with E-state index in [4.69, 9.17) is 5.84 Å². The summed E-state index contributed by atoms with van der Waals surface area (Å²) in [5.74, 6) is 3.65. The fourth-order valence-corrected chi connectivity index (χ4v) is 1.72. The van der Waals surface area contributed by atoms with E-state index >= 15 is 0 Å². The second-order valence-corrected chi connectivity index (χ2v) is 4.15. The number of nitrogens with zero attached hydrogens (tertiary/aromatic N) is 3. The highest BCUT2D eigenvalue weighted by molar-refractivity contribution is 5.95. The maximum absolute atomic E-state index is 13.8. The minimum Gasteiger partial charge on any atom is -0.352 e. The van der Waals surface area contributed by atoms with Gasteiger partial charge in [0.25, 0.3) is 5.91 Å². The minimum atomic E-state index is -0.773. The lowest BCUT2D eigenvalue weighted by atomic mass is 10.2. The fraction of sp³-hybridized carbons (Fsp3) is 0.250. The van der Waals surface area contributed by atoms with Gasteiger partial charge in [0.05, 0.1) is 11.3 Å². The summed E-state index contributed by atoms with van der Waals surface area (Å²) in [6.07, 6.45) is 3.70. The number of hydrogen-bond acceptors (Lipinski definition) is 5. The van der Waals surface area contributed by atoms with Gasteiger partial charge in [-0.15, -0.1) is 0 Å². The van der Waals surface area contributed by atoms with E-state index in [1.54, 1.807) is 4.68 Å². The molecule has 0 aromatic carbocycles. The van der Waals surface area contributed by atoms with Gasteiger partial charge in [-0.3, -0.25) is 9.48 Å². The lowest BCUT2D eigenvalue weighted by Gasteiger charge is -2.07. The Kier molecular flexibility index (Phi) is 4.26. The minimum absolute atomic E-state index is 0.103. The van der Waals surface area contributed by atoms with Crippen LogP contribution in [0.5, 0.6) is 0 Å². The van der Waals surface area contributed by atoms with Gasteiger partial charge < -0.3 is 10.7 Å². The van der Waals surface area contributed by atoms with Crippen molar-refractivity contribution in [2.24, 2.45) is 12.9 Å². The van der Waals surface area contributed by atoms with E-state index in [-0.39, 0.29) is 11.4 Å². The maximum atomic E-state index is 13.8. The van der Waals surface area contributed by atoms with E-state index in [0.29, 0.717) is 13.0 Å². The molecule has 0 saturated heterocycles. The molecule has 1 amide bonds. The molecule has 106 valence electrons. The highest BCUT2D eigenvalue weighted by Crippen LogP contribution is 2.13. The first kappa shape index (κ1) is 13.9. The Morgan fingerprint density at radius 1 is 1.50 bits per heavy atom. The SMILES string of the molecule is Cn1ccc(CCNC(=O)c2ccnc(NN)c2F)n1. The Morgan fingerprint density at radius 2 is 2.30 bits per heavy atom. The number of anilines is 1. The molecule has 0 saturated carbocycles. The summed E-state index contributed by atoms with van der Waals surface area (Å²) in [5.41, 5.74) is 2.85. The summed E-state index contributed by atoms with van der Waals surface area (Å²) < 4.78 is 15.5. The number of hydrazine groups is 1. The van der Waals surface area contributed by atoms with Gasteiger partial charge in [0.15, 0.2) is 11.6 Å². The molecule has 0 aliphatic carbocycles. The number of carbonyl (C=O) groups excluding carboxylic acids is 1. The maximum Gasteiger partial charge on any atom is 0.254 e. The summed E-state index contributed by atoms with van der Waals surface area (Å²) in [4.78, 5) is 15.5. The zero-order valence-corrected chi connectivity index (χ0v) is 10.9. The molecule has 2 heterocycles. The summed E-state index contributed by atoms with van der Waals surface area (Å²) in [5, 5.41) is 6.80. The first-order valence-electron chi connectivity index (χ1n) is 5.99. The molecule has 0 radical (unpaired) electrons. The van der Waals surface area contributed by atoms with Gasteiger partial charge in [-0.25, -0.2) is 15.2 Å². The standard InChI is InChI=1S/C12H15FN6O/c1-19-7-4-8(18-19)2-5-16-12(20)9-3-6-15-11(17-14)10(9)13/h3-4,6-7H,2,5,14H2,1H3,(H,15,17)(H,16,20). The highest BCUT2D eigenvalue weighted by Gasteiger charge is 2.15. The topological polar surface area (TPSA) is 97.9 Å². The number of aromatic nitrogens is 3. The smallest absolute Gasteiger partial charge is 0.254 e. The van der Waals surface area contributed by atoms with Crippen LogP contribution in [0.25, 0.3) is 0 Å². The number of carbonyl (C=O) groups is 1. The molecule has 4 N–H and O–H groups in total. The Hall–Kier alpha value is -2.48. The van der Waals surface area contributed by atoms with Crippen molar-refractivity contribution >= 4 is 11.7 Å². The molecule has 0 aliphatic rings. The van der Waals surface area contributed by atoms with E-state index < -0.39 is 11.7 Å². The molecule has 0 aliphatic heterocycles. The zero-order chi connectivity index (χ0) is 14.5. The number of rotatable bonds is 5. The molecule has 0 bridgehead atoms. The summed E-state index contributed by atoms with van der Waals surface area (Å²) in [6, 6.07) is 3.15. The molecule has 0 fully saturated rings. The molecule has 0 atom stereocenters. The molecule has 2 aromatic heterocycles. The summed E-state index contributed by atoms with van der Waals surface area (Å²) in [6.45, 7) is 0.364. The van der Waals surface area contributed by atoms with Crippen LogP contribution in [0.15, 0.2) is 24.5 Å². The van der Waals surface area contributed by atoms with Crippen molar-refractivity contribution in [2.45, 2.75) is 6.42 Å². The zero-order valence-electron chi connectivity index (χ0n) is 10.9. The Morgan fingerprint density at radius 3 is 2.95 bits per heavy atom. The number of hydrogen-bond donors (Lipinski definition) is 3. The first-order chi connectivity index (χ1) is 9.61. The van der Waals surface area contributed by atoms with E-state index in [0.717, 1.165) is 5.69 Å². The number of nitrogen functional groups attached to an aromatic ring is 1. The monoisotopic (exact) mass is 278 g/mol. The number of nitrogens with one attached hydrogen (secondary N) is 2. The van der Waals surface area contributed by atoms with Gasteiger partial charge in [-0.1, -0.05) is 0 Å². The van der Waals surface area contributed by atoms with Crippen LogP contribution in [0.1, 0.15) is 16.1 Å². The van der Waals surface area contributed by atoms with Crippen molar-refractivity contribution < 1.29 is 9.18 Å². The van der Waals surface area contributed by atoms with Gasteiger partial charge in [0.2, 0.25) is 0 Å². The van der Waals surface area contributed by atoms with Crippen LogP contribution < -0.4 is 16.6 Å². The number of halogens is 1. The Balaban J connectivity index is 1.95. The van der Waals surface area contributed by atoms with Gasteiger partial charge in [0.1, 0.15) is 0 Å². The number of pyridine rings is 1. The average molecular weight is 278 g/mol. The molecule has 7 nitrogen and oxygen atoms in total. The van der Waals surface area contributed by atoms with Crippen molar-refractivity contribution in [1.29, 1.82) is 0 Å². The second kappa shape index (κ2) is 6.11. The fourth-order valence-electron chi connectivity index (χ4n) is 1.72. The molecule has 2 aromatic rings. The van der Waals surface area contributed by atoms with E-state index in [1.165, 1.54) is 12.3 Å². The van der Waals surface area contributed by atoms with Gasteiger partial charge in [0, 0.05) is 32.4 Å².